The molecule has 110 valence electrons. The summed E-state index contributed by atoms with van der Waals surface area (Å²) in [5.74, 6) is 6.60. The van der Waals surface area contributed by atoms with Crippen molar-refractivity contribution in [1.29, 1.82) is 0 Å². The Morgan fingerprint density at radius 2 is 2.33 bits per heavy atom. The van der Waals surface area contributed by atoms with Crippen LogP contribution < -0.4 is 16.0 Å². The number of aryl methyl sites for hydroxylation is 1. The van der Waals surface area contributed by atoms with Gasteiger partial charge in [-0.05, 0) is 24.1 Å². The van der Waals surface area contributed by atoms with Crippen LogP contribution in [-0.2, 0) is 6.42 Å². The van der Waals surface area contributed by atoms with Gasteiger partial charge in [0.1, 0.15) is 5.75 Å². The smallest absolute Gasteiger partial charge is 0.193 e. The lowest BCUT2D eigenvalue weighted by Crippen LogP contribution is -2.29. The summed E-state index contributed by atoms with van der Waals surface area (Å²) in [6.07, 6.45) is 4.79. The Kier molecular flexibility index (Phi) is 3.92. The van der Waals surface area contributed by atoms with Gasteiger partial charge < -0.3 is 4.74 Å². The standard InChI is InChI=1S/C15H18N4OS/c1-10-3-4-11(7-14(10)20-2)13(18-16)8-12-9-19-5-6-21-15(19)17-12/h3-7,9,13,18H,8,16H2,1-2H3. The Balaban J connectivity index is 1.85. The largest absolute Gasteiger partial charge is 0.496 e. The number of ether oxygens (including phenoxy) is 1. The molecular formula is C15H18N4OS. The van der Waals surface area contributed by atoms with Crippen molar-refractivity contribution in [1.82, 2.24) is 14.8 Å². The zero-order valence-corrected chi connectivity index (χ0v) is 12.9. The Bertz CT molecular complexity index is 721. The number of methoxy groups -OCH3 is 1. The van der Waals surface area contributed by atoms with Gasteiger partial charge in [-0.1, -0.05) is 12.1 Å². The topological polar surface area (TPSA) is 64.6 Å². The minimum Gasteiger partial charge on any atom is -0.496 e. The highest BCUT2D eigenvalue weighted by Gasteiger charge is 2.14. The number of nitrogens with zero attached hydrogens (tertiary/aromatic N) is 2. The minimum atomic E-state index is 0.00380. The summed E-state index contributed by atoms with van der Waals surface area (Å²) in [6.45, 7) is 2.02. The van der Waals surface area contributed by atoms with Crippen LogP contribution in [-0.4, -0.2) is 16.5 Å². The van der Waals surface area contributed by atoms with E-state index in [0.717, 1.165) is 34.0 Å². The fraction of sp³-hybridized carbons (Fsp3) is 0.267. The highest BCUT2D eigenvalue weighted by Crippen LogP contribution is 2.25. The molecule has 1 unspecified atom stereocenters. The van der Waals surface area contributed by atoms with Crippen LogP contribution in [0.3, 0.4) is 0 Å². The number of nitrogens with one attached hydrogen (secondary N) is 1. The van der Waals surface area contributed by atoms with Gasteiger partial charge >= 0.3 is 0 Å². The molecule has 0 aliphatic carbocycles. The quantitative estimate of drug-likeness (QED) is 0.561. The molecular weight excluding hydrogens is 284 g/mol. The molecule has 3 aromatic rings. The van der Waals surface area contributed by atoms with Crippen LogP contribution in [0.5, 0.6) is 5.75 Å². The molecule has 0 saturated heterocycles. The first kappa shape index (κ1) is 14.1. The van der Waals surface area contributed by atoms with Gasteiger partial charge in [0, 0.05) is 24.2 Å². The van der Waals surface area contributed by atoms with E-state index >= 15 is 0 Å². The Labute approximate surface area is 127 Å². The molecule has 1 atom stereocenters. The molecule has 0 radical (unpaired) electrons. The van der Waals surface area contributed by atoms with Gasteiger partial charge in [-0.2, -0.15) is 0 Å². The number of aromatic nitrogens is 2. The molecule has 0 bridgehead atoms. The molecule has 0 spiro atoms. The number of benzene rings is 1. The molecule has 5 nitrogen and oxygen atoms in total. The molecule has 0 amide bonds. The van der Waals surface area contributed by atoms with E-state index < -0.39 is 0 Å². The van der Waals surface area contributed by atoms with E-state index in [-0.39, 0.29) is 6.04 Å². The third kappa shape index (κ3) is 2.78. The van der Waals surface area contributed by atoms with Gasteiger partial charge in [-0.3, -0.25) is 15.7 Å². The zero-order valence-electron chi connectivity index (χ0n) is 12.0. The first-order chi connectivity index (χ1) is 10.2. The Morgan fingerprint density at radius 3 is 3.05 bits per heavy atom. The van der Waals surface area contributed by atoms with E-state index in [1.54, 1.807) is 18.4 Å². The molecule has 21 heavy (non-hydrogen) atoms. The number of fused-ring (bicyclic) bond motifs is 1. The van der Waals surface area contributed by atoms with Crippen LogP contribution in [0.15, 0.2) is 36.0 Å². The van der Waals surface area contributed by atoms with Crippen LogP contribution in [0.1, 0.15) is 22.9 Å². The van der Waals surface area contributed by atoms with Gasteiger partial charge in [-0.15, -0.1) is 11.3 Å². The van der Waals surface area contributed by atoms with Crippen molar-refractivity contribution in [2.24, 2.45) is 5.84 Å². The monoisotopic (exact) mass is 302 g/mol. The number of rotatable bonds is 5. The summed E-state index contributed by atoms with van der Waals surface area (Å²) < 4.78 is 7.41. The van der Waals surface area contributed by atoms with E-state index in [1.807, 2.05) is 41.2 Å². The number of thiazole rings is 1. The van der Waals surface area contributed by atoms with Crippen molar-refractivity contribution in [3.63, 3.8) is 0 Å². The predicted octanol–water partition coefficient (Wildman–Crippen LogP) is 2.46. The molecule has 0 aliphatic heterocycles. The predicted molar refractivity (Wildman–Crippen MR) is 84.6 cm³/mol. The summed E-state index contributed by atoms with van der Waals surface area (Å²) in [5, 5.41) is 2.02. The first-order valence-corrected chi connectivity index (χ1v) is 7.61. The highest BCUT2D eigenvalue weighted by molar-refractivity contribution is 7.15. The average molecular weight is 302 g/mol. The van der Waals surface area contributed by atoms with Crippen LogP contribution in [0.2, 0.25) is 0 Å². The number of imidazole rings is 1. The molecule has 2 heterocycles. The summed E-state index contributed by atoms with van der Waals surface area (Å²) >= 11 is 1.63. The van der Waals surface area contributed by atoms with Crippen molar-refractivity contribution in [2.45, 2.75) is 19.4 Å². The number of nitrogens with two attached hydrogens (primary N) is 1. The van der Waals surface area contributed by atoms with E-state index in [9.17, 15) is 0 Å². The van der Waals surface area contributed by atoms with Gasteiger partial charge in [0.25, 0.3) is 0 Å². The molecule has 1 aromatic carbocycles. The molecule has 3 N–H and O–H groups in total. The normalized spacial score (nSPS) is 12.7. The summed E-state index contributed by atoms with van der Waals surface area (Å²) in [7, 11) is 1.68. The fourth-order valence-corrected chi connectivity index (χ4v) is 3.13. The van der Waals surface area contributed by atoms with Gasteiger partial charge in [0.2, 0.25) is 0 Å². The van der Waals surface area contributed by atoms with Crippen molar-refractivity contribution in [2.75, 3.05) is 7.11 Å². The summed E-state index contributed by atoms with van der Waals surface area (Å²) in [4.78, 5) is 5.60. The Hall–Kier alpha value is -1.89. The number of hydrogen-bond acceptors (Lipinski definition) is 5. The van der Waals surface area contributed by atoms with E-state index in [1.165, 1.54) is 0 Å². The van der Waals surface area contributed by atoms with E-state index in [0.29, 0.717) is 0 Å². The number of hydrogen-bond donors (Lipinski definition) is 2. The van der Waals surface area contributed by atoms with Crippen molar-refractivity contribution < 1.29 is 4.74 Å². The van der Waals surface area contributed by atoms with Crippen LogP contribution in [0.4, 0.5) is 0 Å². The zero-order chi connectivity index (χ0) is 14.8. The van der Waals surface area contributed by atoms with Gasteiger partial charge in [0.15, 0.2) is 4.96 Å². The van der Waals surface area contributed by atoms with Gasteiger partial charge in [0.05, 0.1) is 18.8 Å². The van der Waals surface area contributed by atoms with Gasteiger partial charge in [-0.25, -0.2) is 4.98 Å². The molecule has 0 saturated carbocycles. The lowest BCUT2D eigenvalue weighted by atomic mass is 10.0. The summed E-state index contributed by atoms with van der Waals surface area (Å²) in [5.41, 5.74) is 6.10. The second-order valence-corrected chi connectivity index (χ2v) is 5.85. The van der Waals surface area contributed by atoms with Crippen molar-refractivity contribution >= 4 is 16.3 Å². The van der Waals surface area contributed by atoms with Crippen molar-refractivity contribution in [3.05, 3.63) is 52.8 Å². The minimum absolute atomic E-state index is 0.00380. The third-order valence-corrected chi connectivity index (χ3v) is 4.36. The van der Waals surface area contributed by atoms with Crippen LogP contribution in [0, 0.1) is 6.92 Å². The van der Waals surface area contributed by atoms with E-state index in [4.69, 9.17) is 10.6 Å². The van der Waals surface area contributed by atoms with E-state index in [2.05, 4.69) is 16.5 Å². The molecule has 3 rings (SSSR count). The molecule has 2 aromatic heterocycles. The third-order valence-electron chi connectivity index (χ3n) is 3.59. The first-order valence-electron chi connectivity index (χ1n) is 6.73. The second-order valence-electron chi connectivity index (χ2n) is 4.98. The maximum atomic E-state index is 5.73. The fourth-order valence-electron chi connectivity index (χ4n) is 2.41. The molecule has 0 aliphatic rings. The SMILES string of the molecule is COc1cc(C(Cc2cn3ccsc3n2)NN)ccc1C. The van der Waals surface area contributed by atoms with Crippen LogP contribution >= 0.6 is 11.3 Å². The molecule has 0 fully saturated rings. The maximum Gasteiger partial charge on any atom is 0.193 e. The maximum absolute atomic E-state index is 5.73. The van der Waals surface area contributed by atoms with Crippen LogP contribution in [0.25, 0.3) is 4.96 Å². The number of hydrazine groups is 1. The second kappa shape index (κ2) is 5.85. The Morgan fingerprint density at radius 1 is 1.48 bits per heavy atom. The average Bonchev–Trinajstić information content (AvgIpc) is 3.06. The lowest BCUT2D eigenvalue weighted by Gasteiger charge is -2.17. The lowest BCUT2D eigenvalue weighted by molar-refractivity contribution is 0.409. The highest BCUT2D eigenvalue weighted by atomic mass is 32.1. The molecule has 6 heteroatoms. The summed E-state index contributed by atoms with van der Waals surface area (Å²) in [6, 6.07) is 6.15. The van der Waals surface area contributed by atoms with Crippen molar-refractivity contribution in [3.8, 4) is 5.75 Å².